The standard InChI is InChI=1S/C22H24N2O3S/c1-23-19-14-8-7-13-18(19)20(17-11-5-4-6-12-17)21(28(23,26)27)22(25)24-15-9-2-3-10-16-24/h4-8,11-14H,2-3,9-10,15-16H2,1H3. The summed E-state index contributed by atoms with van der Waals surface area (Å²) in [7, 11) is -2.43. The number of amides is 1. The van der Waals surface area contributed by atoms with E-state index >= 15 is 0 Å². The molecule has 2 heterocycles. The molecule has 0 bridgehead atoms. The van der Waals surface area contributed by atoms with Crippen LogP contribution in [0, 0.1) is 0 Å². The molecule has 0 atom stereocenters. The third kappa shape index (κ3) is 3.11. The van der Waals surface area contributed by atoms with Crippen LogP contribution in [0.15, 0.2) is 59.5 Å². The van der Waals surface area contributed by atoms with Crippen molar-refractivity contribution in [2.75, 3.05) is 24.4 Å². The fourth-order valence-corrected chi connectivity index (χ4v) is 5.53. The highest BCUT2D eigenvalue weighted by atomic mass is 32.2. The van der Waals surface area contributed by atoms with Crippen LogP contribution in [0.1, 0.15) is 36.8 Å². The molecular weight excluding hydrogens is 372 g/mol. The van der Waals surface area contributed by atoms with Crippen LogP contribution in [0.25, 0.3) is 5.57 Å². The van der Waals surface area contributed by atoms with Crippen molar-refractivity contribution in [2.24, 2.45) is 0 Å². The number of fused-ring (bicyclic) bond motifs is 1. The number of hydrogen-bond acceptors (Lipinski definition) is 3. The third-order valence-corrected chi connectivity index (χ3v) is 7.32. The molecular formula is C22H24N2O3S. The SMILES string of the molecule is CN1c2ccccc2C(c2ccccc2)=C(C(=O)N2CCCCCC2)S1(=O)=O. The minimum atomic E-state index is -3.95. The van der Waals surface area contributed by atoms with Crippen LogP contribution in [-0.4, -0.2) is 39.4 Å². The van der Waals surface area contributed by atoms with Gasteiger partial charge in [-0.05, 0) is 24.5 Å². The van der Waals surface area contributed by atoms with Crippen molar-refractivity contribution in [2.45, 2.75) is 25.7 Å². The summed E-state index contributed by atoms with van der Waals surface area (Å²) in [5.41, 5.74) is 2.60. The Labute approximate surface area is 166 Å². The lowest BCUT2D eigenvalue weighted by atomic mass is 9.95. The number of sulfonamides is 1. The van der Waals surface area contributed by atoms with Gasteiger partial charge in [-0.25, -0.2) is 8.42 Å². The molecule has 28 heavy (non-hydrogen) atoms. The zero-order chi connectivity index (χ0) is 19.7. The van der Waals surface area contributed by atoms with Crippen molar-refractivity contribution < 1.29 is 13.2 Å². The van der Waals surface area contributed by atoms with Gasteiger partial charge >= 0.3 is 0 Å². The first-order valence-corrected chi connectivity index (χ1v) is 11.1. The lowest BCUT2D eigenvalue weighted by Crippen LogP contribution is -2.41. The molecule has 2 aliphatic rings. The highest BCUT2D eigenvalue weighted by Crippen LogP contribution is 2.42. The second-order valence-corrected chi connectivity index (χ2v) is 9.17. The first-order chi connectivity index (χ1) is 13.5. The quantitative estimate of drug-likeness (QED) is 0.779. The zero-order valence-corrected chi connectivity index (χ0v) is 16.8. The van der Waals surface area contributed by atoms with Crippen molar-refractivity contribution in [3.05, 3.63) is 70.6 Å². The molecule has 6 heteroatoms. The van der Waals surface area contributed by atoms with Crippen molar-refractivity contribution in [1.29, 1.82) is 0 Å². The van der Waals surface area contributed by atoms with E-state index in [0.717, 1.165) is 36.8 Å². The van der Waals surface area contributed by atoms with E-state index in [9.17, 15) is 13.2 Å². The van der Waals surface area contributed by atoms with E-state index in [-0.39, 0.29) is 10.8 Å². The Bertz CT molecular complexity index is 1020. The van der Waals surface area contributed by atoms with E-state index < -0.39 is 10.0 Å². The molecule has 5 nitrogen and oxygen atoms in total. The summed E-state index contributed by atoms with van der Waals surface area (Å²) in [6.07, 6.45) is 3.96. The maximum atomic E-state index is 13.5. The van der Waals surface area contributed by atoms with Crippen molar-refractivity contribution in [1.82, 2.24) is 4.90 Å². The van der Waals surface area contributed by atoms with E-state index in [4.69, 9.17) is 0 Å². The maximum absolute atomic E-state index is 13.5. The van der Waals surface area contributed by atoms with Crippen molar-refractivity contribution in [3.8, 4) is 0 Å². The molecule has 1 saturated heterocycles. The minimum absolute atomic E-state index is 0.109. The molecule has 1 fully saturated rings. The number of carbonyl (C=O) groups excluding carboxylic acids is 1. The van der Waals surface area contributed by atoms with Crippen molar-refractivity contribution >= 4 is 27.2 Å². The Morgan fingerprint density at radius 2 is 1.46 bits per heavy atom. The number of likely N-dealkylation sites (tertiary alicyclic amines) is 1. The lowest BCUT2D eigenvalue weighted by molar-refractivity contribution is -0.126. The van der Waals surface area contributed by atoms with Gasteiger partial charge < -0.3 is 4.90 Å². The van der Waals surface area contributed by atoms with E-state index in [1.54, 1.807) is 11.0 Å². The van der Waals surface area contributed by atoms with Gasteiger partial charge in [-0.1, -0.05) is 61.4 Å². The van der Waals surface area contributed by atoms with Gasteiger partial charge in [0.15, 0.2) is 4.91 Å². The zero-order valence-electron chi connectivity index (χ0n) is 16.0. The van der Waals surface area contributed by atoms with Crippen LogP contribution in [0.4, 0.5) is 5.69 Å². The molecule has 0 saturated carbocycles. The number of anilines is 1. The summed E-state index contributed by atoms with van der Waals surface area (Å²) in [5, 5.41) is 0. The first kappa shape index (κ1) is 18.7. The number of para-hydroxylation sites is 1. The monoisotopic (exact) mass is 396 g/mol. The minimum Gasteiger partial charge on any atom is -0.338 e. The normalized spacial score (nSPS) is 19.2. The predicted octanol–water partition coefficient (Wildman–Crippen LogP) is 3.63. The summed E-state index contributed by atoms with van der Waals surface area (Å²) in [6.45, 7) is 1.20. The van der Waals surface area contributed by atoms with Gasteiger partial charge in [0, 0.05) is 31.3 Å². The number of rotatable bonds is 2. The second-order valence-electron chi connectivity index (χ2n) is 7.27. The molecule has 146 valence electrons. The summed E-state index contributed by atoms with van der Waals surface area (Å²) in [5.74, 6) is -0.387. The number of carbonyl (C=O) groups is 1. The average Bonchev–Trinajstić information content (AvgIpc) is 3.00. The van der Waals surface area contributed by atoms with Crippen LogP contribution in [0.3, 0.4) is 0 Å². The number of nitrogens with zero attached hydrogens (tertiary/aromatic N) is 2. The van der Waals surface area contributed by atoms with Gasteiger partial charge in [-0.2, -0.15) is 0 Å². The van der Waals surface area contributed by atoms with Crippen LogP contribution < -0.4 is 4.31 Å². The summed E-state index contributed by atoms with van der Waals surface area (Å²) < 4.78 is 28.1. The Hall–Kier alpha value is -2.60. The first-order valence-electron chi connectivity index (χ1n) is 9.69. The molecule has 4 rings (SSSR count). The second kappa shape index (κ2) is 7.43. The van der Waals surface area contributed by atoms with Gasteiger partial charge in [0.2, 0.25) is 0 Å². The fraction of sp³-hybridized carbons (Fsp3) is 0.318. The van der Waals surface area contributed by atoms with E-state index in [1.165, 1.54) is 11.4 Å². The third-order valence-electron chi connectivity index (χ3n) is 5.51. The van der Waals surface area contributed by atoms with Gasteiger partial charge in [0.1, 0.15) is 0 Å². The predicted molar refractivity (Wildman–Crippen MR) is 111 cm³/mol. The molecule has 0 unspecified atom stereocenters. The molecule has 0 N–H and O–H groups in total. The molecule has 1 amide bonds. The summed E-state index contributed by atoms with van der Waals surface area (Å²) in [6, 6.07) is 16.7. The van der Waals surface area contributed by atoms with Crippen molar-refractivity contribution in [3.63, 3.8) is 0 Å². The molecule has 0 aliphatic carbocycles. The largest absolute Gasteiger partial charge is 0.338 e. The maximum Gasteiger partial charge on any atom is 0.270 e. The average molecular weight is 397 g/mol. The van der Waals surface area contributed by atoms with Crippen LogP contribution in [0.5, 0.6) is 0 Å². The van der Waals surface area contributed by atoms with Gasteiger partial charge in [0.05, 0.1) is 5.69 Å². The van der Waals surface area contributed by atoms with Crippen LogP contribution in [0.2, 0.25) is 0 Å². The Morgan fingerprint density at radius 1 is 0.857 bits per heavy atom. The van der Waals surface area contributed by atoms with Crippen LogP contribution >= 0.6 is 0 Å². The highest BCUT2D eigenvalue weighted by Gasteiger charge is 2.41. The smallest absolute Gasteiger partial charge is 0.270 e. The Balaban J connectivity index is 1.98. The van der Waals surface area contributed by atoms with E-state index in [1.807, 2.05) is 48.5 Å². The highest BCUT2D eigenvalue weighted by molar-refractivity contribution is 7.97. The topological polar surface area (TPSA) is 57.7 Å². The molecule has 2 aromatic carbocycles. The van der Waals surface area contributed by atoms with Crippen LogP contribution in [-0.2, 0) is 14.8 Å². The Kier molecular flexibility index (Phi) is 4.98. The van der Waals surface area contributed by atoms with E-state index in [2.05, 4.69) is 0 Å². The molecule has 2 aliphatic heterocycles. The molecule has 0 aromatic heterocycles. The molecule has 2 aromatic rings. The van der Waals surface area contributed by atoms with Gasteiger partial charge in [-0.3, -0.25) is 9.10 Å². The molecule has 0 spiro atoms. The summed E-state index contributed by atoms with van der Waals surface area (Å²) in [4.78, 5) is 15.1. The fourth-order valence-electron chi connectivity index (χ4n) is 4.00. The number of benzene rings is 2. The number of hydrogen-bond donors (Lipinski definition) is 0. The summed E-state index contributed by atoms with van der Waals surface area (Å²) >= 11 is 0. The van der Waals surface area contributed by atoms with E-state index in [0.29, 0.717) is 24.4 Å². The lowest BCUT2D eigenvalue weighted by Gasteiger charge is -2.33. The molecule has 0 radical (unpaired) electrons. The Morgan fingerprint density at radius 3 is 2.14 bits per heavy atom. The van der Waals surface area contributed by atoms with Gasteiger partial charge in [0.25, 0.3) is 15.9 Å². The van der Waals surface area contributed by atoms with Gasteiger partial charge in [-0.15, -0.1) is 0 Å².